The van der Waals surface area contributed by atoms with E-state index >= 15 is 0 Å². The van der Waals surface area contributed by atoms with Crippen molar-refractivity contribution in [3.63, 3.8) is 0 Å². The highest BCUT2D eigenvalue weighted by Gasteiger charge is 2.09. The first-order valence-electron chi connectivity index (χ1n) is 7.05. The lowest BCUT2D eigenvalue weighted by molar-refractivity contribution is 0.285. The molecule has 0 saturated heterocycles. The number of nitrogens with zero attached hydrogens (tertiary/aromatic N) is 1. The Bertz CT molecular complexity index is 543. The van der Waals surface area contributed by atoms with Crippen LogP contribution in [0.25, 0.3) is 0 Å². The monoisotopic (exact) mass is 272 g/mol. The molecule has 2 rings (SSSR count). The molecule has 1 aromatic carbocycles. The number of hydrogen-bond donors (Lipinski definition) is 1. The SMILES string of the molecule is CNCc1cc(CN(C)Cc2ccc(C)cc2)oc1C. The van der Waals surface area contributed by atoms with Gasteiger partial charge in [-0.05, 0) is 39.6 Å². The molecule has 0 unspecified atom stereocenters. The summed E-state index contributed by atoms with van der Waals surface area (Å²) >= 11 is 0. The molecule has 3 heteroatoms. The fourth-order valence-electron chi connectivity index (χ4n) is 2.36. The second-order valence-corrected chi connectivity index (χ2v) is 5.48. The molecule has 0 fully saturated rings. The number of aryl methyl sites for hydroxylation is 2. The molecule has 20 heavy (non-hydrogen) atoms. The predicted molar refractivity (Wildman–Crippen MR) is 82.6 cm³/mol. The maximum atomic E-state index is 5.81. The van der Waals surface area contributed by atoms with Gasteiger partial charge in [-0.1, -0.05) is 29.8 Å². The smallest absolute Gasteiger partial charge is 0.118 e. The van der Waals surface area contributed by atoms with E-state index in [9.17, 15) is 0 Å². The van der Waals surface area contributed by atoms with Crippen LogP contribution in [0, 0.1) is 13.8 Å². The highest BCUT2D eigenvalue weighted by Crippen LogP contribution is 2.17. The Labute approximate surface area is 121 Å². The summed E-state index contributed by atoms with van der Waals surface area (Å²) in [4.78, 5) is 2.27. The Hall–Kier alpha value is -1.58. The van der Waals surface area contributed by atoms with Gasteiger partial charge in [0.1, 0.15) is 11.5 Å². The van der Waals surface area contributed by atoms with Crippen LogP contribution in [-0.2, 0) is 19.6 Å². The standard InChI is InChI=1S/C17H24N2O/c1-13-5-7-15(8-6-13)11-19(4)12-17-9-16(10-18-3)14(2)20-17/h5-9,18H,10-12H2,1-4H3. The van der Waals surface area contributed by atoms with E-state index in [0.717, 1.165) is 31.2 Å². The normalized spacial score (nSPS) is 11.2. The molecule has 0 aliphatic carbocycles. The molecule has 0 amide bonds. The van der Waals surface area contributed by atoms with Crippen molar-refractivity contribution in [1.82, 2.24) is 10.2 Å². The lowest BCUT2D eigenvalue weighted by Gasteiger charge is -2.15. The van der Waals surface area contributed by atoms with Gasteiger partial charge < -0.3 is 9.73 Å². The average Bonchev–Trinajstić information content (AvgIpc) is 2.73. The summed E-state index contributed by atoms with van der Waals surface area (Å²) in [5.74, 6) is 2.04. The predicted octanol–water partition coefficient (Wildman–Crippen LogP) is 3.25. The van der Waals surface area contributed by atoms with Crippen LogP contribution in [0.4, 0.5) is 0 Å². The van der Waals surface area contributed by atoms with Crippen LogP contribution in [0.3, 0.4) is 0 Å². The van der Waals surface area contributed by atoms with E-state index in [1.54, 1.807) is 0 Å². The minimum atomic E-state index is 0.832. The Morgan fingerprint density at radius 3 is 2.45 bits per heavy atom. The second-order valence-electron chi connectivity index (χ2n) is 5.48. The van der Waals surface area contributed by atoms with Crippen LogP contribution in [0.1, 0.15) is 28.2 Å². The summed E-state index contributed by atoms with van der Waals surface area (Å²) in [6.45, 7) is 6.76. The first-order chi connectivity index (χ1) is 9.58. The highest BCUT2D eigenvalue weighted by molar-refractivity contribution is 5.22. The third-order valence-electron chi connectivity index (χ3n) is 3.44. The molecule has 1 aromatic heterocycles. The van der Waals surface area contributed by atoms with Crippen molar-refractivity contribution in [3.05, 3.63) is 58.5 Å². The van der Waals surface area contributed by atoms with Gasteiger partial charge >= 0.3 is 0 Å². The summed E-state index contributed by atoms with van der Waals surface area (Å²) in [6.07, 6.45) is 0. The van der Waals surface area contributed by atoms with Crippen molar-refractivity contribution in [3.8, 4) is 0 Å². The molecule has 2 aromatic rings. The molecule has 0 bridgehead atoms. The van der Waals surface area contributed by atoms with Gasteiger partial charge in [-0.2, -0.15) is 0 Å². The number of furan rings is 1. The average molecular weight is 272 g/mol. The van der Waals surface area contributed by atoms with Crippen molar-refractivity contribution in [2.45, 2.75) is 33.5 Å². The van der Waals surface area contributed by atoms with E-state index in [1.807, 2.05) is 14.0 Å². The molecule has 3 nitrogen and oxygen atoms in total. The summed E-state index contributed by atoms with van der Waals surface area (Å²) in [6, 6.07) is 10.8. The van der Waals surface area contributed by atoms with E-state index in [-0.39, 0.29) is 0 Å². The fraction of sp³-hybridized carbons (Fsp3) is 0.412. The van der Waals surface area contributed by atoms with E-state index in [4.69, 9.17) is 4.42 Å². The molecular weight excluding hydrogens is 248 g/mol. The van der Waals surface area contributed by atoms with E-state index < -0.39 is 0 Å². The molecule has 1 heterocycles. The van der Waals surface area contributed by atoms with Crippen molar-refractivity contribution in [1.29, 1.82) is 0 Å². The Kier molecular flexibility index (Phi) is 4.99. The first-order valence-corrected chi connectivity index (χ1v) is 7.05. The van der Waals surface area contributed by atoms with Crippen molar-refractivity contribution in [2.24, 2.45) is 0 Å². The van der Waals surface area contributed by atoms with Gasteiger partial charge in [0, 0.05) is 18.7 Å². The Balaban J connectivity index is 1.95. The topological polar surface area (TPSA) is 28.4 Å². The van der Waals surface area contributed by atoms with E-state index in [1.165, 1.54) is 16.7 Å². The summed E-state index contributed by atoms with van der Waals surface area (Å²) in [7, 11) is 4.07. The van der Waals surface area contributed by atoms with Gasteiger partial charge in [-0.3, -0.25) is 4.90 Å². The van der Waals surface area contributed by atoms with Gasteiger partial charge in [0.15, 0.2) is 0 Å². The van der Waals surface area contributed by atoms with Gasteiger partial charge in [0.2, 0.25) is 0 Å². The van der Waals surface area contributed by atoms with Crippen LogP contribution in [-0.4, -0.2) is 19.0 Å². The molecule has 0 saturated carbocycles. The van der Waals surface area contributed by atoms with Gasteiger partial charge in [-0.25, -0.2) is 0 Å². The minimum absolute atomic E-state index is 0.832. The molecule has 0 aliphatic heterocycles. The van der Waals surface area contributed by atoms with Gasteiger partial charge in [-0.15, -0.1) is 0 Å². The van der Waals surface area contributed by atoms with Gasteiger partial charge in [0.05, 0.1) is 6.54 Å². The number of rotatable bonds is 6. The maximum absolute atomic E-state index is 5.81. The summed E-state index contributed by atoms with van der Waals surface area (Å²) in [5, 5.41) is 3.16. The third-order valence-corrected chi connectivity index (χ3v) is 3.44. The lowest BCUT2D eigenvalue weighted by Crippen LogP contribution is -2.16. The fourth-order valence-corrected chi connectivity index (χ4v) is 2.36. The number of nitrogens with one attached hydrogen (secondary N) is 1. The Morgan fingerprint density at radius 2 is 1.80 bits per heavy atom. The zero-order valence-electron chi connectivity index (χ0n) is 12.9. The van der Waals surface area contributed by atoms with Crippen LogP contribution < -0.4 is 5.32 Å². The minimum Gasteiger partial charge on any atom is -0.465 e. The molecule has 0 aliphatic rings. The van der Waals surface area contributed by atoms with Crippen LogP contribution >= 0.6 is 0 Å². The Morgan fingerprint density at radius 1 is 1.10 bits per heavy atom. The van der Waals surface area contributed by atoms with E-state index in [2.05, 4.69) is 54.5 Å². The zero-order chi connectivity index (χ0) is 14.5. The molecule has 1 N–H and O–H groups in total. The van der Waals surface area contributed by atoms with Crippen LogP contribution in [0.15, 0.2) is 34.7 Å². The van der Waals surface area contributed by atoms with Crippen LogP contribution in [0.2, 0.25) is 0 Å². The zero-order valence-corrected chi connectivity index (χ0v) is 12.9. The number of benzene rings is 1. The largest absolute Gasteiger partial charge is 0.465 e. The molecule has 108 valence electrons. The number of hydrogen-bond acceptors (Lipinski definition) is 3. The molecule has 0 radical (unpaired) electrons. The van der Waals surface area contributed by atoms with Crippen molar-refractivity contribution in [2.75, 3.05) is 14.1 Å². The maximum Gasteiger partial charge on any atom is 0.118 e. The van der Waals surface area contributed by atoms with Crippen molar-refractivity contribution >= 4 is 0 Å². The summed E-state index contributed by atoms with van der Waals surface area (Å²) in [5.41, 5.74) is 3.87. The van der Waals surface area contributed by atoms with E-state index in [0.29, 0.717) is 0 Å². The van der Waals surface area contributed by atoms with Gasteiger partial charge in [0.25, 0.3) is 0 Å². The lowest BCUT2D eigenvalue weighted by atomic mass is 10.1. The highest BCUT2D eigenvalue weighted by atomic mass is 16.3. The summed E-state index contributed by atoms with van der Waals surface area (Å²) < 4.78 is 5.81. The molecule has 0 atom stereocenters. The quantitative estimate of drug-likeness (QED) is 0.875. The first kappa shape index (κ1) is 14.8. The molecular formula is C17H24N2O. The second kappa shape index (κ2) is 6.73. The molecule has 0 spiro atoms. The van der Waals surface area contributed by atoms with Crippen molar-refractivity contribution < 1.29 is 4.42 Å². The van der Waals surface area contributed by atoms with Crippen LogP contribution in [0.5, 0.6) is 0 Å². The third kappa shape index (κ3) is 3.95.